The minimum Gasteiger partial charge on any atom is -0.305 e. The third-order valence-electron chi connectivity index (χ3n) is 2.71. The molecule has 108 valence electrons. The third-order valence-corrected chi connectivity index (χ3v) is 3.45. The van der Waals surface area contributed by atoms with Crippen LogP contribution in [0.5, 0.6) is 0 Å². The fraction of sp³-hybridized carbons (Fsp3) is 0.429. The van der Waals surface area contributed by atoms with Gasteiger partial charge in [0.25, 0.3) is 0 Å². The van der Waals surface area contributed by atoms with Crippen molar-refractivity contribution >= 4 is 15.9 Å². The number of halogens is 2. The molecule has 4 nitrogen and oxygen atoms in total. The molecule has 2 rings (SSSR count). The predicted octanol–water partition coefficient (Wildman–Crippen LogP) is 3.12. The van der Waals surface area contributed by atoms with Gasteiger partial charge in [0.2, 0.25) is 0 Å². The maximum Gasteiger partial charge on any atom is 0.164 e. The summed E-state index contributed by atoms with van der Waals surface area (Å²) < 4.78 is 15.5. The summed E-state index contributed by atoms with van der Waals surface area (Å²) in [7, 11) is 0. The first kappa shape index (κ1) is 15.1. The number of aromatic nitrogens is 3. The summed E-state index contributed by atoms with van der Waals surface area (Å²) in [5.41, 5.74) is 0.998. The molecule has 0 radical (unpaired) electrons. The van der Waals surface area contributed by atoms with Gasteiger partial charge in [-0.05, 0) is 38.5 Å². The maximum absolute atomic E-state index is 13.0. The van der Waals surface area contributed by atoms with Crippen LogP contribution in [-0.4, -0.2) is 20.3 Å². The molecule has 1 heterocycles. The highest BCUT2D eigenvalue weighted by molar-refractivity contribution is 9.10. The Morgan fingerprint density at radius 1 is 1.35 bits per heavy atom. The zero-order valence-corrected chi connectivity index (χ0v) is 13.4. The van der Waals surface area contributed by atoms with Crippen molar-refractivity contribution in [2.75, 3.05) is 0 Å². The van der Waals surface area contributed by atoms with Gasteiger partial charge in [-0.3, -0.25) is 0 Å². The Morgan fingerprint density at radius 3 is 2.75 bits per heavy atom. The van der Waals surface area contributed by atoms with Gasteiger partial charge in [-0.15, -0.1) is 0 Å². The Kier molecular flexibility index (Phi) is 4.55. The second-order valence-electron chi connectivity index (χ2n) is 5.70. The smallest absolute Gasteiger partial charge is 0.164 e. The summed E-state index contributed by atoms with van der Waals surface area (Å²) in [4.78, 5) is 4.26. The van der Waals surface area contributed by atoms with Crippen molar-refractivity contribution in [3.8, 4) is 0 Å². The van der Waals surface area contributed by atoms with E-state index in [9.17, 15) is 4.39 Å². The van der Waals surface area contributed by atoms with Crippen LogP contribution in [0.4, 0.5) is 4.39 Å². The van der Waals surface area contributed by atoms with Gasteiger partial charge in [0, 0.05) is 10.0 Å². The highest BCUT2D eigenvalue weighted by atomic mass is 79.9. The predicted molar refractivity (Wildman–Crippen MR) is 79.8 cm³/mol. The van der Waals surface area contributed by atoms with Crippen LogP contribution < -0.4 is 5.32 Å². The molecule has 0 spiro atoms. The van der Waals surface area contributed by atoms with E-state index in [0.29, 0.717) is 13.1 Å². The molecule has 2 aromatic rings. The van der Waals surface area contributed by atoms with Gasteiger partial charge in [0.15, 0.2) is 5.82 Å². The lowest BCUT2D eigenvalue weighted by Gasteiger charge is -2.19. The molecule has 1 N–H and O–H groups in total. The fourth-order valence-corrected chi connectivity index (χ4v) is 2.14. The van der Waals surface area contributed by atoms with Crippen LogP contribution in [0, 0.1) is 5.82 Å². The lowest BCUT2D eigenvalue weighted by Crippen LogP contribution is -2.35. The van der Waals surface area contributed by atoms with Crippen LogP contribution in [0.25, 0.3) is 0 Å². The first-order valence-corrected chi connectivity index (χ1v) is 7.20. The zero-order valence-electron chi connectivity index (χ0n) is 11.8. The van der Waals surface area contributed by atoms with Crippen molar-refractivity contribution in [3.05, 3.63) is 46.2 Å². The first-order valence-electron chi connectivity index (χ1n) is 6.41. The molecule has 0 atom stereocenters. The fourth-order valence-electron chi connectivity index (χ4n) is 1.66. The number of nitrogens with one attached hydrogen (secondary N) is 1. The number of nitrogens with zero attached hydrogens (tertiary/aromatic N) is 3. The molecule has 0 bridgehead atoms. The van der Waals surface area contributed by atoms with E-state index in [1.54, 1.807) is 17.1 Å². The van der Waals surface area contributed by atoms with Gasteiger partial charge < -0.3 is 5.32 Å². The topological polar surface area (TPSA) is 42.7 Å². The summed E-state index contributed by atoms with van der Waals surface area (Å²) in [5, 5.41) is 7.74. The van der Waals surface area contributed by atoms with Crippen molar-refractivity contribution < 1.29 is 4.39 Å². The second kappa shape index (κ2) is 6.01. The second-order valence-corrected chi connectivity index (χ2v) is 6.55. The van der Waals surface area contributed by atoms with Crippen LogP contribution in [0.3, 0.4) is 0 Å². The third kappa shape index (κ3) is 4.38. The van der Waals surface area contributed by atoms with E-state index in [2.05, 4.69) is 52.1 Å². The highest BCUT2D eigenvalue weighted by Crippen LogP contribution is 2.18. The van der Waals surface area contributed by atoms with Crippen molar-refractivity contribution in [2.24, 2.45) is 0 Å². The van der Waals surface area contributed by atoms with Gasteiger partial charge in [-0.1, -0.05) is 22.0 Å². The first-order chi connectivity index (χ1) is 9.33. The summed E-state index contributed by atoms with van der Waals surface area (Å²) in [6.07, 6.45) is 1.69. The van der Waals surface area contributed by atoms with Gasteiger partial charge in [-0.2, -0.15) is 5.10 Å². The molecule has 20 heavy (non-hydrogen) atoms. The Hall–Kier alpha value is -1.27. The van der Waals surface area contributed by atoms with Crippen LogP contribution in [0.1, 0.15) is 32.2 Å². The molecule has 6 heteroatoms. The van der Waals surface area contributed by atoms with Crippen LogP contribution in [0.2, 0.25) is 0 Å². The van der Waals surface area contributed by atoms with Gasteiger partial charge in [0.05, 0.1) is 13.1 Å². The molecular weight excluding hydrogens is 323 g/mol. The molecule has 0 saturated carbocycles. The van der Waals surface area contributed by atoms with Crippen molar-refractivity contribution in [2.45, 2.75) is 39.4 Å². The number of rotatable bonds is 4. The summed E-state index contributed by atoms with van der Waals surface area (Å²) >= 11 is 3.35. The summed E-state index contributed by atoms with van der Waals surface area (Å²) in [6, 6.07) is 4.64. The number of benzene rings is 1. The zero-order chi connectivity index (χ0) is 14.8. The molecule has 1 aromatic heterocycles. The summed E-state index contributed by atoms with van der Waals surface area (Å²) in [6.45, 7) is 7.48. The van der Waals surface area contributed by atoms with E-state index in [-0.39, 0.29) is 11.4 Å². The van der Waals surface area contributed by atoms with E-state index < -0.39 is 0 Å². The Bertz CT molecular complexity index is 589. The molecule has 0 aliphatic carbocycles. The molecule has 0 amide bonds. The molecule has 0 unspecified atom stereocenters. The highest BCUT2D eigenvalue weighted by Gasteiger charge is 2.11. The number of hydrogen-bond acceptors (Lipinski definition) is 3. The Morgan fingerprint density at radius 2 is 2.10 bits per heavy atom. The molecule has 0 fully saturated rings. The maximum atomic E-state index is 13.0. The molecule has 0 saturated heterocycles. The van der Waals surface area contributed by atoms with E-state index in [1.165, 1.54) is 12.1 Å². The summed E-state index contributed by atoms with van der Waals surface area (Å²) in [5.74, 6) is 0.493. The molecular formula is C14H18BrFN4. The monoisotopic (exact) mass is 340 g/mol. The average Bonchev–Trinajstić information content (AvgIpc) is 2.77. The minimum atomic E-state index is -0.255. The average molecular weight is 341 g/mol. The lowest BCUT2D eigenvalue weighted by molar-refractivity contribution is 0.417. The minimum absolute atomic E-state index is 0.0332. The number of hydrogen-bond donors (Lipinski definition) is 1. The SMILES string of the molecule is CC(C)(C)NCc1ncn(Cc2ccc(F)cc2Br)n1. The van der Waals surface area contributed by atoms with E-state index in [4.69, 9.17) is 0 Å². The van der Waals surface area contributed by atoms with Gasteiger partial charge >= 0.3 is 0 Å². The molecule has 0 aliphatic rings. The van der Waals surface area contributed by atoms with Gasteiger partial charge in [0.1, 0.15) is 12.1 Å². The normalized spacial score (nSPS) is 11.8. The Labute approximate surface area is 126 Å². The van der Waals surface area contributed by atoms with E-state index in [1.807, 2.05) is 0 Å². The Balaban J connectivity index is 2.02. The molecule has 1 aromatic carbocycles. The van der Waals surface area contributed by atoms with E-state index in [0.717, 1.165) is 15.9 Å². The van der Waals surface area contributed by atoms with Crippen molar-refractivity contribution in [1.82, 2.24) is 20.1 Å². The molecule has 0 aliphatic heterocycles. The quantitative estimate of drug-likeness (QED) is 0.929. The lowest BCUT2D eigenvalue weighted by atomic mass is 10.1. The van der Waals surface area contributed by atoms with Gasteiger partial charge in [-0.25, -0.2) is 14.1 Å². The van der Waals surface area contributed by atoms with Crippen LogP contribution >= 0.6 is 15.9 Å². The largest absolute Gasteiger partial charge is 0.305 e. The van der Waals surface area contributed by atoms with Crippen LogP contribution in [0.15, 0.2) is 29.0 Å². The van der Waals surface area contributed by atoms with Crippen molar-refractivity contribution in [1.29, 1.82) is 0 Å². The van der Waals surface area contributed by atoms with E-state index >= 15 is 0 Å². The van der Waals surface area contributed by atoms with Crippen LogP contribution in [-0.2, 0) is 13.1 Å². The van der Waals surface area contributed by atoms with Crippen molar-refractivity contribution in [3.63, 3.8) is 0 Å². The standard InChI is InChI=1S/C14H18BrFN4/c1-14(2,3)18-7-13-17-9-20(19-13)8-10-4-5-11(16)6-12(10)15/h4-6,9,18H,7-8H2,1-3H3.